The maximum absolute atomic E-state index is 12.3. The van der Waals surface area contributed by atoms with Gasteiger partial charge < -0.3 is 15.5 Å². The summed E-state index contributed by atoms with van der Waals surface area (Å²) in [5, 5.41) is 5.96. The molecule has 1 aromatic carbocycles. The Bertz CT molecular complexity index is 606. The van der Waals surface area contributed by atoms with Gasteiger partial charge in [-0.15, -0.1) is 0 Å². The third-order valence-electron chi connectivity index (χ3n) is 5.28. The summed E-state index contributed by atoms with van der Waals surface area (Å²) in [4.78, 5) is 26.4. The van der Waals surface area contributed by atoms with Crippen LogP contribution in [0.3, 0.4) is 0 Å². The lowest BCUT2D eigenvalue weighted by Gasteiger charge is -2.27. The number of carbonyl (C=O) groups excluding carboxylic acids is 2. The van der Waals surface area contributed by atoms with E-state index in [2.05, 4.69) is 17.6 Å². The van der Waals surface area contributed by atoms with Gasteiger partial charge in [-0.05, 0) is 49.3 Å². The molecule has 1 saturated heterocycles. The highest BCUT2D eigenvalue weighted by Gasteiger charge is 2.20. The standard InChI is InChI=1S/C20H29N3O2S/c1-15-2-6-17(7-3-15)21-20(25)22-18-8-4-16(5-9-18)14-19(24)23-10-12-26-13-11-23/h4-5,8-9,15,17H,2-3,6-7,10-14H2,1H3,(H2,21,22,25). The number of thioether (sulfide) groups is 1. The van der Waals surface area contributed by atoms with Crippen LogP contribution in [0.15, 0.2) is 24.3 Å². The largest absolute Gasteiger partial charge is 0.341 e. The molecule has 6 heteroatoms. The lowest BCUT2D eigenvalue weighted by Crippen LogP contribution is -2.40. The molecule has 1 heterocycles. The molecule has 1 aliphatic carbocycles. The molecule has 0 atom stereocenters. The first-order valence-corrected chi connectivity index (χ1v) is 10.8. The number of benzene rings is 1. The quantitative estimate of drug-likeness (QED) is 0.847. The van der Waals surface area contributed by atoms with Crippen LogP contribution in [0.5, 0.6) is 0 Å². The summed E-state index contributed by atoms with van der Waals surface area (Å²) in [5.74, 6) is 3.03. The normalized spacial score (nSPS) is 23.3. The van der Waals surface area contributed by atoms with Gasteiger partial charge in [-0.2, -0.15) is 11.8 Å². The van der Waals surface area contributed by atoms with Gasteiger partial charge >= 0.3 is 6.03 Å². The van der Waals surface area contributed by atoms with Crippen molar-refractivity contribution in [2.45, 2.75) is 45.1 Å². The molecule has 2 fully saturated rings. The van der Waals surface area contributed by atoms with Crippen LogP contribution in [0.2, 0.25) is 0 Å². The van der Waals surface area contributed by atoms with Crippen LogP contribution in [0.1, 0.15) is 38.2 Å². The summed E-state index contributed by atoms with van der Waals surface area (Å²) in [5.41, 5.74) is 1.75. The molecule has 5 nitrogen and oxygen atoms in total. The van der Waals surface area contributed by atoms with Crippen molar-refractivity contribution >= 4 is 29.4 Å². The predicted octanol–water partition coefficient (Wildman–Crippen LogP) is 3.50. The summed E-state index contributed by atoms with van der Waals surface area (Å²) < 4.78 is 0. The fraction of sp³-hybridized carbons (Fsp3) is 0.600. The van der Waals surface area contributed by atoms with Gasteiger partial charge in [0.15, 0.2) is 0 Å². The molecular weight excluding hydrogens is 346 g/mol. The highest BCUT2D eigenvalue weighted by atomic mass is 32.2. The molecule has 0 radical (unpaired) electrons. The third-order valence-corrected chi connectivity index (χ3v) is 6.22. The summed E-state index contributed by atoms with van der Waals surface area (Å²) in [6.07, 6.45) is 4.92. The number of urea groups is 1. The fourth-order valence-electron chi connectivity index (χ4n) is 3.56. The molecule has 26 heavy (non-hydrogen) atoms. The number of hydrogen-bond donors (Lipinski definition) is 2. The van der Waals surface area contributed by atoms with E-state index in [1.54, 1.807) is 0 Å². The van der Waals surface area contributed by atoms with Crippen LogP contribution in [-0.2, 0) is 11.2 Å². The van der Waals surface area contributed by atoms with Crippen LogP contribution in [0, 0.1) is 5.92 Å². The first-order valence-electron chi connectivity index (χ1n) is 9.62. The van der Waals surface area contributed by atoms with E-state index in [-0.39, 0.29) is 18.0 Å². The van der Waals surface area contributed by atoms with Gasteiger partial charge in [-0.3, -0.25) is 4.79 Å². The maximum Gasteiger partial charge on any atom is 0.319 e. The van der Waals surface area contributed by atoms with E-state index >= 15 is 0 Å². The van der Waals surface area contributed by atoms with E-state index < -0.39 is 0 Å². The summed E-state index contributed by atoms with van der Waals surface area (Å²) >= 11 is 1.90. The number of anilines is 1. The Hall–Kier alpha value is -1.69. The van der Waals surface area contributed by atoms with Crippen molar-refractivity contribution in [1.82, 2.24) is 10.2 Å². The highest BCUT2D eigenvalue weighted by molar-refractivity contribution is 7.99. The fourth-order valence-corrected chi connectivity index (χ4v) is 4.47. The molecule has 0 spiro atoms. The molecule has 2 aliphatic rings. The van der Waals surface area contributed by atoms with Crippen molar-refractivity contribution in [3.8, 4) is 0 Å². The Kier molecular flexibility index (Phi) is 6.83. The van der Waals surface area contributed by atoms with Gasteiger partial charge in [0.25, 0.3) is 0 Å². The van der Waals surface area contributed by atoms with E-state index in [0.717, 1.165) is 54.6 Å². The summed E-state index contributed by atoms with van der Waals surface area (Å²) in [6, 6.07) is 7.74. The molecule has 3 amide bonds. The predicted molar refractivity (Wildman–Crippen MR) is 108 cm³/mol. The molecule has 1 aliphatic heterocycles. The lowest BCUT2D eigenvalue weighted by atomic mass is 9.87. The van der Waals surface area contributed by atoms with E-state index in [9.17, 15) is 9.59 Å². The SMILES string of the molecule is CC1CCC(NC(=O)Nc2ccc(CC(=O)N3CCSCC3)cc2)CC1. The molecule has 0 bridgehead atoms. The zero-order chi connectivity index (χ0) is 18.4. The molecular formula is C20H29N3O2S. The van der Waals surface area contributed by atoms with Crippen LogP contribution >= 0.6 is 11.8 Å². The second-order valence-corrected chi connectivity index (χ2v) is 8.65. The van der Waals surface area contributed by atoms with E-state index in [1.165, 1.54) is 12.8 Å². The summed E-state index contributed by atoms with van der Waals surface area (Å²) in [7, 11) is 0. The van der Waals surface area contributed by atoms with Crippen molar-refractivity contribution in [2.75, 3.05) is 29.9 Å². The molecule has 0 unspecified atom stereocenters. The average molecular weight is 376 g/mol. The van der Waals surface area contributed by atoms with Gasteiger partial charge in [-0.25, -0.2) is 4.79 Å². The van der Waals surface area contributed by atoms with E-state index in [0.29, 0.717) is 6.42 Å². The van der Waals surface area contributed by atoms with Gasteiger partial charge in [0.1, 0.15) is 0 Å². The molecule has 0 aromatic heterocycles. The zero-order valence-corrected chi connectivity index (χ0v) is 16.3. The van der Waals surface area contributed by atoms with Crippen LogP contribution in [0.25, 0.3) is 0 Å². The topological polar surface area (TPSA) is 61.4 Å². The Balaban J connectivity index is 1.44. The number of rotatable bonds is 4. The van der Waals surface area contributed by atoms with Gasteiger partial charge in [0, 0.05) is 36.3 Å². The molecule has 142 valence electrons. The Morgan fingerprint density at radius 1 is 1.08 bits per heavy atom. The Labute approximate surface area is 160 Å². The minimum Gasteiger partial charge on any atom is -0.341 e. The first kappa shape index (κ1) is 19.1. The molecule has 1 aromatic rings. The maximum atomic E-state index is 12.3. The second-order valence-electron chi connectivity index (χ2n) is 7.42. The number of hydrogen-bond acceptors (Lipinski definition) is 3. The Morgan fingerprint density at radius 3 is 2.38 bits per heavy atom. The average Bonchev–Trinajstić information content (AvgIpc) is 2.66. The lowest BCUT2D eigenvalue weighted by molar-refractivity contribution is -0.130. The van der Waals surface area contributed by atoms with Crippen LogP contribution < -0.4 is 10.6 Å². The molecule has 3 rings (SSSR count). The minimum absolute atomic E-state index is 0.140. The van der Waals surface area contributed by atoms with E-state index in [1.807, 2.05) is 40.9 Å². The first-order chi connectivity index (χ1) is 12.6. The van der Waals surface area contributed by atoms with E-state index in [4.69, 9.17) is 0 Å². The number of nitrogens with zero attached hydrogens (tertiary/aromatic N) is 1. The molecule has 2 N–H and O–H groups in total. The zero-order valence-electron chi connectivity index (χ0n) is 15.5. The van der Waals surface area contributed by atoms with Crippen molar-refractivity contribution < 1.29 is 9.59 Å². The monoisotopic (exact) mass is 375 g/mol. The van der Waals surface area contributed by atoms with Gasteiger partial charge in [0.05, 0.1) is 6.42 Å². The molecule has 1 saturated carbocycles. The smallest absolute Gasteiger partial charge is 0.319 e. The van der Waals surface area contributed by atoms with Gasteiger partial charge in [-0.1, -0.05) is 19.1 Å². The second kappa shape index (κ2) is 9.31. The Morgan fingerprint density at radius 2 is 1.73 bits per heavy atom. The number of amides is 3. The van der Waals surface area contributed by atoms with Crippen molar-refractivity contribution in [3.63, 3.8) is 0 Å². The van der Waals surface area contributed by atoms with Crippen LogP contribution in [-0.4, -0.2) is 47.5 Å². The summed E-state index contributed by atoms with van der Waals surface area (Å²) in [6.45, 7) is 3.97. The van der Waals surface area contributed by atoms with Crippen molar-refractivity contribution in [1.29, 1.82) is 0 Å². The van der Waals surface area contributed by atoms with Crippen molar-refractivity contribution in [2.24, 2.45) is 5.92 Å². The number of nitrogens with one attached hydrogen (secondary N) is 2. The van der Waals surface area contributed by atoms with Gasteiger partial charge in [0.2, 0.25) is 5.91 Å². The number of carbonyl (C=O) groups is 2. The minimum atomic E-state index is -0.140. The van der Waals surface area contributed by atoms with Crippen LogP contribution in [0.4, 0.5) is 10.5 Å². The highest BCUT2D eigenvalue weighted by Crippen LogP contribution is 2.23. The van der Waals surface area contributed by atoms with Crippen molar-refractivity contribution in [3.05, 3.63) is 29.8 Å². The third kappa shape index (κ3) is 5.66.